The first kappa shape index (κ1) is 14.4. The minimum atomic E-state index is 0.837. The van der Waals surface area contributed by atoms with Crippen LogP contribution in [0.25, 0.3) is 5.65 Å². The lowest BCUT2D eigenvalue weighted by atomic mass is 10.0. The Morgan fingerprint density at radius 2 is 2.19 bits per heavy atom. The van der Waals surface area contributed by atoms with Crippen LogP contribution >= 0.6 is 0 Å². The Morgan fingerprint density at radius 3 is 3.05 bits per heavy atom. The van der Waals surface area contributed by atoms with Crippen molar-refractivity contribution >= 4 is 11.5 Å². The minimum absolute atomic E-state index is 0.837. The van der Waals surface area contributed by atoms with E-state index in [2.05, 4.69) is 52.9 Å². The van der Waals surface area contributed by atoms with E-state index in [9.17, 15) is 0 Å². The molecule has 4 nitrogen and oxygen atoms in total. The standard InChI is InChI=1S/C17H26N4/c1-3-18-13-15-17(19-16-8-4-5-11-21(15)16)20-10-6-7-14(2)9-12-20/h4-5,8,11,14,18H,3,6-7,9-10,12-13H2,1-2H3. The summed E-state index contributed by atoms with van der Waals surface area (Å²) in [5.74, 6) is 2.01. The van der Waals surface area contributed by atoms with Gasteiger partial charge in [0, 0.05) is 25.8 Å². The molecule has 0 aromatic carbocycles. The lowest BCUT2D eigenvalue weighted by Crippen LogP contribution is -2.27. The Hall–Kier alpha value is -1.55. The van der Waals surface area contributed by atoms with Gasteiger partial charge in [0.05, 0.1) is 5.69 Å². The van der Waals surface area contributed by atoms with Gasteiger partial charge in [-0.1, -0.05) is 19.9 Å². The molecule has 2 aromatic rings. The van der Waals surface area contributed by atoms with Gasteiger partial charge in [-0.2, -0.15) is 0 Å². The van der Waals surface area contributed by atoms with Crippen LogP contribution in [0.15, 0.2) is 24.4 Å². The first-order valence-corrected chi connectivity index (χ1v) is 8.21. The lowest BCUT2D eigenvalue weighted by Gasteiger charge is -2.21. The molecule has 1 aliphatic heterocycles. The van der Waals surface area contributed by atoms with Crippen LogP contribution in [-0.4, -0.2) is 29.0 Å². The maximum Gasteiger partial charge on any atom is 0.152 e. The maximum absolute atomic E-state index is 4.90. The van der Waals surface area contributed by atoms with Crippen molar-refractivity contribution in [2.75, 3.05) is 24.5 Å². The molecule has 3 heterocycles. The van der Waals surface area contributed by atoms with Crippen molar-refractivity contribution in [2.45, 2.75) is 39.7 Å². The number of fused-ring (bicyclic) bond motifs is 1. The van der Waals surface area contributed by atoms with Crippen molar-refractivity contribution in [1.82, 2.24) is 14.7 Å². The summed E-state index contributed by atoms with van der Waals surface area (Å²) in [5.41, 5.74) is 2.35. The molecule has 1 aliphatic rings. The fraction of sp³-hybridized carbons (Fsp3) is 0.588. The van der Waals surface area contributed by atoms with Crippen LogP contribution < -0.4 is 10.2 Å². The minimum Gasteiger partial charge on any atom is -0.355 e. The van der Waals surface area contributed by atoms with Gasteiger partial charge in [0.15, 0.2) is 5.82 Å². The second-order valence-corrected chi connectivity index (χ2v) is 6.11. The van der Waals surface area contributed by atoms with E-state index in [0.717, 1.165) is 37.7 Å². The summed E-state index contributed by atoms with van der Waals surface area (Å²) in [6.45, 7) is 8.64. The average molecular weight is 286 g/mol. The van der Waals surface area contributed by atoms with Gasteiger partial charge >= 0.3 is 0 Å². The monoisotopic (exact) mass is 286 g/mol. The summed E-state index contributed by atoms with van der Waals surface area (Å²) < 4.78 is 2.23. The Balaban J connectivity index is 1.95. The van der Waals surface area contributed by atoms with E-state index in [4.69, 9.17) is 4.98 Å². The molecule has 1 unspecified atom stereocenters. The number of rotatable bonds is 4. The predicted molar refractivity (Wildman–Crippen MR) is 87.8 cm³/mol. The summed E-state index contributed by atoms with van der Waals surface area (Å²) in [4.78, 5) is 7.39. The van der Waals surface area contributed by atoms with Crippen LogP contribution in [0.1, 0.15) is 38.8 Å². The topological polar surface area (TPSA) is 32.6 Å². The van der Waals surface area contributed by atoms with Crippen molar-refractivity contribution in [1.29, 1.82) is 0 Å². The Kier molecular flexibility index (Phi) is 4.44. The molecule has 4 heteroatoms. The molecule has 2 aromatic heterocycles. The largest absolute Gasteiger partial charge is 0.355 e. The van der Waals surface area contributed by atoms with Crippen LogP contribution in [-0.2, 0) is 6.54 Å². The molecule has 0 radical (unpaired) electrons. The van der Waals surface area contributed by atoms with Gasteiger partial charge in [-0.05, 0) is 43.9 Å². The van der Waals surface area contributed by atoms with Gasteiger partial charge in [0.1, 0.15) is 5.65 Å². The van der Waals surface area contributed by atoms with E-state index in [1.54, 1.807) is 0 Å². The predicted octanol–water partition coefficient (Wildman–Crippen LogP) is 3.07. The molecule has 0 bridgehead atoms. The Bertz CT molecular complexity index is 589. The third-order valence-corrected chi connectivity index (χ3v) is 4.47. The Labute approximate surface area is 127 Å². The third-order valence-electron chi connectivity index (χ3n) is 4.47. The Morgan fingerprint density at radius 1 is 1.29 bits per heavy atom. The molecule has 1 atom stereocenters. The summed E-state index contributed by atoms with van der Waals surface area (Å²) >= 11 is 0. The second kappa shape index (κ2) is 6.48. The molecule has 21 heavy (non-hydrogen) atoms. The van der Waals surface area contributed by atoms with Gasteiger partial charge in [0.2, 0.25) is 0 Å². The molecule has 114 valence electrons. The maximum atomic E-state index is 4.90. The molecule has 1 fully saturated rings. The van der Waals surface area contributed by atoms with E-state index in [1.165, 1.54) is 30.8 Å². The second-order valence-electron chi connectivity index (χ2n) is 6.11. The van der Waals surface area contributed by atoms with Gasteiger partial charge in [-0.15, -0.1) is 0 Å². The van der Waals surface area contributed by atoms with E-state index in [0.29, 0.717) is 0 Å². The lowest BCUT2D eigenvalue weighted by molar-refractivity contribution is 0.521. The van der Waals surface area contributed by atoms with E-state index < -0.39 is 0 Å². The third kappa shape index (κ3) is 3.05. The van der Waals surface area contributed by atoms with Crippen molar-refractivity contribution in [3.05, 3.63) is 30.1 Å². The molecule has 0 spiro atoms. The van der Waals surface area contributed by atoms with Crippen molar-refractivity contribution in [2.24, 2.45) is 5.92 Å². The van der Waals surface area contributed by atoms with Gasteiger partial charge < -0.3 is 14.6 Å². The zero-order chi connectivity index (χ0) is 14.7. The van der Waals surface area contributed by atoms with Crippen molar-refractivity contribution in [3.63, 3.8) is 0 Å². The van der Waals surface area contributed by atoms with Crippen LogP contribution in [0.3, 0.4) is 0 Å². The number of hydrogen-bond donors (Lipinski definition) is 1. The average Bonchev–Trinajstić information content (AvgIpc) is 2.72. The molecule has 1 N–H and O–H groups in total. The van der Waals surface area contributed by atoms with Gasteiger partial charge in [0.25, 0.3) is 0 Å². The number of hydrogen-bond acceptors (Lipinski definition) is 3. The summed E-state index contributed by atoms with van der Waals surface area (Å²) in [6, 6.07) is 6.24. The zero-order valence-electron chi connectivity index (χ0n) is 13.2. The molecule has 0 amide bonds. The first-order valence-electron chi connectivity index (χ1n) is 8.21. The smallest absolute Gasteiger partial charge is 0.152 e. The highest BCUT2D eigenvalue weighted by Crippen LogP contribution is 2.26. The highest BCUT2D eigenvalue weighted by molar-refractivity contribution is 5.56. The molecular formula is C17H26N4. The normalized spacial score (nSPS) is 19.9. The summed E-state index contributed by atoms with van der Waals surface area (Å²) in [7, 11) is 0. The fourth-order valence-corrected chi connectivity index (χ4v) is 3.17. The summed E-state index contributed by atoms with van der Waals surface area (Å²) in [5, 5.41) is 3.46. The van der Waals surface area contributed by atoms with E-state index in [1.807, 2.05) is 0 Å². The molecule has 0 aliphatic carbocycles. The first-order chi connectivity index (χ1) is 10.3. The van der Waals surface area contributed by atoms with Crippen LogP contribution in [0.2, 0.25) is 0 Å². The number of anilines is 1. The van der Waals surface area contributed by atoms with Crippen LogP contribution in [0, 0.1) is 5.92 Å². The number of nitrogens with zero attached hydrogens (tertiary/aromatic N) is 3. The number of aromatic nitrogens is 2. The van der Waals surface area contributed by atoms with E-state index >= 15 is 0 Å². The van der Waals surface area contributed by atoms with Gasteiger partial charge in [-0.25, -0.2) is 4.98 Å². The highest BCUT2D eigenvalue weighted by Gasteiger charge is 2.20. The number of imidazole rings is 1. The van der Waals surface area contributed by atoms with Crippen LogP contribution in [0.5, 0.6) is 0 Å². The number of nitrogens with one attached hydrogen (secondary N) is 1. The van der Waals surface area contributed by atoms with E-state index in [-0.39, 0.29) is 0 Å². The van der Waals surface area contributed by atoms with Crippen molar-refractivity contribution in [3.8, 4) is 0 Å². The highest BCUT2D eigenvalue weighted by atomic mass is 15.2. The molecule has 1 saturated heterocycles. The molecule has 3 rings (SSSR count). The van der Waals surface area contributed by atoms with Crippen molar-refractivity contribution < 1.29 is 0 Å². The summed E-state index contributed by atoms with van der Waals surface area (Å²) in [6.07, 6.45) is 6.01. The number of pyridine rings is 1. The molecular weight excluding hydrogens is 260 g/mol. The SMILES string of the molecule is CCNCc1c(N2CCCC(C)CC2)nc2ccccn12. The fourth-order valence-electron chi connectivity index (χ4n) is 3.17. The quantitative estimate of drug-likeness (QED) is 0.937. The van der Waals surface area contributed by atoms with Gasteiger partial charge in [-0.3, -0.25) is 0 Å². The molecule has 0 saturated carbocycles. The van der Waals surface area contributed by atoms with Crippen LogP contribution in [0.4, 0.5) is 5.82 Å². The zero-order valence-corrected chi connectivity index (χ0v) is 13.2.